The minimum Gasteiger partial charge on any atom is -0.477 e. The summed E-state index contributed by atoms with van der Waals surface area (Å²) in [6.45, 7) is 0. The van der Waals surface area contributed by atoms with Gasteiger partial charge in [0, 0.05) is 16.0 Å². The van der Waals surface area contributed by atoms with Gasteiger partial charge >= 0.3 is 5.97 Å². The average Bonchev–Trinajstić information content (AvgIpc) is 2.87. The van der Waals surface area contributed by atoms with Gasteiger partial charge in [0.1, 0.15) is 16.8 Å². The number of rotatable bonds is 4. The summed E-state index contributed by atoms with van der Waals surface area (Å²) in [5.41, 5.74) is 0.848. The van der Waals surface area contributed by atoms with E-state index in [2.05, 4.69) is 0 Å². The lowest BCUT2D eigenvalue weighted by molar-refractivity contribution is 0.0702. The van der Waals surface area contributed by atoms with Crippen molar-refractivity contribution in [3.05, 3.63) is 51.5 Å². The van der Waals surface area contributed by atoms with Crippen molar-refractivity contribution >= 4 is 29.1 Å². The van der Waals surface area contributed by atoms with E-state index in [1.807, 2.05) is 0 Å². The second-order valence-corrected chi connectivity index (χ2v) is 5.63. The van der Waals surface area contributed by atoms with Crippen LogP contribution in [0.15, 0.2) is 34.5 Å². The SMILES string of the molecule is N#Cc1cc(CSc2csc(C(=O)O)c2)ccc1F. The normalized spacial score (nSPS) is 10.1. The Bertz CT molecular complexity index is 661. The number of halogens is 1. The van der Waals surface area contributed by atoms with Crippen molar-refractivity contribution in [1.29, 1.82) is 5.26 Å². The highest BCUT2D eigenvalue weighted by Gasteiger charge is 2.08. The van der Waals surface area contributed by atoms with Crippen LogP contribution in [0, 0.1) is 17.1 Å². The van der Waals surface area contributed by atoms with Gasteiger partial charge in [-0.05, 0) is 23.8 Å². The number of carbonyl (C=O) groups is 1. The van der Waals surface area contributed by atoms with Gasteiger partial charge in [-0.25, -0.2) is 9.18 Å². The molecular weight excluding hydrogens is 285 g/mol. The molecule has 0 aliphatic carbocycles. The maximum Gasteiger partial charge on any atom is 0.345 e. The van der Waals surface area contributed by atoms with Crippen LogP contribution in [-0.4, -0.2) is 11.1 Å². The lowest BCUT2D eigenvalue weighted by Gasteiger charge is -2.01. The molecule has 6 heteroatoms. The summed E-state index contributed by atoms with van der Waals surface area (Å²) in [5, 5.41) is 19.3. The van der Waals surface area contributed by atoms with E-state index in [-0.39, 0.29) is 5.56 Å². The van der Waals surface area contributed by atoms with Crippen molar-refractivity contribution in [2.24, 2.45) is 0 Å². The van der Waals surface area contributed by atoms with Gasteiger partial charge in [-0.1, -0.05) is 6.07 Å². The fraction of sp³-hybridized carbons (Fsp3) is 0.0769. The summed E-state index contributed by atoms with van der Waals surface area (Å²) in [6, 6.07) is 7.79. The van der Waals surface area contributed by atoms with Crippen LogP contribution in [-0.2, 0) is 5.75 Å². The predicted octanol–water partition coefficient (Wildman–Crippen LogP) is 3.75. The van der Waals surface area contributed by atoms with E-state index >= 15 is 0 Å². The van der Waals surface area contributed by atoms with E-state index in [0.29, 0.717) is 10.6 Å². The molecule has 1 aromatic carbocycles. The first-order valence-electron chi connectivity index (χ1n) is 5.23. The lowest BCUT2D eigenvalue weighted by Crippen LogP contribution is -1.90. The summed E-state index contributed by atoms with van der Waals surface area (Å²) < 4.78 is 13.1. The lowest BCUT2D eigenvalue weighted by atomic mass is 10.1. The summed E-state index contributed by atoms with van der Waals surface area (Å²) in [7, 11) is 0. The molecule has 2 aromatic rings. The molecule has 0 spiro atoms. The van der Waals surface area contributed by atoms with Crippen molar-refractivity contribution in [3.63, 3.8) is 0 Å². The second kappa shape index (κ2) is 5.87. The van der Waals surface area contributed by atoms with Crippen molar-refractivity contribution < 1.29 is 14.3 Å². The Morgan fingerprint density at radius 1 is 1.47 bits per heavy atom. The fourth-order valence-electron chi connectivity index (χ4n) is 1.42. The number of nitriles is 1. The number of hydrogen-bond acceptors (Lipinski definition) is 4. The molecule has 3 nitrogen and oxygen atoms in total. The highest BCUT2D eigenvalue weighted by atomic mass is 32.2. The van der Waals surface area contributed by atoms with Crippen LogP contribution in [0.5, 0.6) is 0 Å². The van der Waals surface area contributed by atoms with Crippen LogP contribution in [0.4, 0.5) is 4.39 Å². The molecule has 96 valence electrons. The summed E-state index contributed by atoms with van der Waals surface area (Å²) >= 11 is 2.62. The Kier molecular flexibility index (Phi) is 4.20. The molecule has 0 aliphatic heterocycles. The maximum atomic E-state index is 13.1. The van der Waals surface area contributed by atoms with Gasteiger partial charge in [-0.2, -0.15) is 5.26 Å². The quantitative estimate of drug-likeness (QED) is 0.872. The van der Waals surface area contributed by atoms with Crippen LogP contribution in [0.3, 0.4) is 0 Å². The third-order valence-corrected chi connectivity index (χ3v) is 4.46. The van der Waals surface area contributed by atoms with E-state index in [9.17, 15) is 9.18 Å². The van der Waals surface area contributed by atoms with Crippen LogP contribution in [0.2, 0.25) is 0 Å². The summed E-state index contributed by atoms with van der Waals surface area (Å²) in [4.78, 5) is 11.9. The second-order valence-electron chi connectivity index (χ2n) is 3.67. The zero-order valence-corrected chi connectivity index (χ0v) is 11.2. The Morgan fingerprint density at radius 2 is 2.26 bits per heavy atom. The fourth-order valence-corrected chi connectivity index (χ4v) is 3.23. The number of thioether (sulfide) groups is 1. The standard InChI is InChI=1S/C13H8FNO2S2/c14-11-2-1-8(3-9(11)5-15)6-18-10-4-12(13(16)17)19-7-10/h1-4,7H,6H2,(H,16,17). The van der Waals surface area contributed by atoms with Crippen LogP contribution in [0.25, 0.3) is 0 Å². The first-order chi connectivity index (χ1) is 9.10. The molecule has 0 unspecified atom stereocenters. The molecule has 0 radical (unpaired) electrons. The molecule has 0 amide bonds. The van der Waals surface area contributed by atoms with Crippen LogP contribution in [0.1, 0.15) is 20.8 Å². The highest BCUT2D eigenvalue weighted by molar-refractivity contribution is 7.98. The molecule has 0 saturated heterocycles. The third-order valence-electron chi connectivity index (χ3n) is 2.34. The number of thiophene rings is 1. The topological polar surface area (TPSA) is 61.1 Å². The van der Waals surface area contributed by atoms with E-state index in [0.717, 1.165) is 10.5 Å². The van der Waals surface area contributed by atoms with E-state index < -0.39 is 11.8 Å². The van der Waals surface area contributed by atoms with Gasteiger partial charge in [0.15, 0.2) is 0 Å². The Morgan fingerprint density at radius 3 is 2.89 bits per heavy atom. The molecule has 2 rings (SSSR count). The molecule has 1 aromatic heterocycles. The van der Waals surface area contributed by atoms with Gasteiger partial charge in [-0.3, -0.25) is 0 Å². The first-order valence-corrected chi connectivity index (χ1v) is 7.10. The molecule has 0 atom stereocenters. The molecule has 0 aliphatic rings. The monoisotopic (exact) mass is 293 g/mol. The van der Waals surface area contributed by atoms with Crippen LogP contribution >= 0.6 is 23.1 Å². The first kappa shape index (κ1) is 13.6. The summed E-state index contributed by atoms with van der Waals surface area (Å²) in [6.07, 6.45) is 0. The highest BCUT2D eigenvalue weighted by Crippen LogP contribution is 2.28. The van der Waals surface area contributed by atoms with Crippen molar-refractivity contribution in [3.8, 4) is 6.07 Å². The number of carboxylic acid groups (broad SMARTS) is 1. The van der Waals surface area contributed by atoms with Gasteiger partial charge in [0.25, 0.3) is 0 Å². The Balaban J connectivity index is 2.06. The van der Waals surface area contributed by atoms with Gasteiger partial charge < -0.3 is 5.11 Å². The number of aromatic carboxylic acids is 1. The summed E-state index contributed by atoms with van der Waals surface area (Å²) in [5.74, 6) is -0.907. The van der Waals surface area contributed by atoms with Gasteiger partial charge in [0.2, 0.25) is 0 Å². The maximum absolute atomic E-state index is 13.1. The minimum absolute atomic E-state index is 0.0228. The molecular formula is C13H8FNO2S2. The van der Waals surface area contributed by atoms with Crippen molar-refractivity contribution in [2.45, 2.75) is 10.6 Å². The minimum atomic E-state index is -0.939. The van der Waals surface area contributed by atoms with Crippen molar-refractivity contribution in [2.75, 3.05) is 0 Å². The Hall–Kier alpha value is -1.84. The largest absolute Gasteiger partial charge is 0.477 e. The number of nitrogens with zero attached hydrogens (tertiary/aromatic N) is 1. The van der Waals surface area contributed by atoms with Crippen molar-refractivity contribution in [1.82, 2.24) is 0 Å². The zero-order chi connectivity index (χ0) is 13.8. The third kappa shape index (κ3) is 3.34. The van der Waals surface area contributed by atoms with Crippen LogP contribution < -0.4 is 0 Å². The van der Waals surface area contributed by atoms with E-state index in [4.69, 9.17) is 10.4 Å². The van der Waals surface area contributed by atoms with E-state index in [1.54, 1.807) is 23.6 Å². The molecule has 19 heavy (non-hydrogen) atoms. The van der Waals surface area contributed by atoms with Gasteiger partial charge in [0.05, 0.1) is 5.56 Å². The average molecular weight is 293 g/mol. The predicted molar refractivity (Wildman–Crippen MR) is 72.0 cm³/mol. The molecule has 0 fully saturated rings. The molecule has 0 bridgehead atoms. The van der Waals surface area contributed by atoms with E-state index in [1.165, 1.54) is 35.2 Å². The number of benzene rings is 1. The van der Waals surface area contributed by atoms with Gasteiger partial charge in [-0.15, -0.1) is 23.1 Å². The number of hydrogen-bond donors (Lipinski definition) is 1. The zero-order valence-electron chi connectivity index (χ0n) is 9.59. The molecule has 1 N–H and O–H groups in total. The molecule has 1 heterocycles. The number of carboxylic acids is 1. The Labute approximate surface area is 117 Å². The smallest absolute Gasteiger partial charge is 0.345 e. The molecule has 0 saturated carbocycles.